The second kappa shape index (κ2) is 6.70. The Morgan fingerprint density at radius 3 is 2.85 bits per heavy atom. The molecule has 0 atom stereocenters. The number of ether oxygens (including phenoxy) is 1. The lowest BCUT2D eigenvalue weighted by molar-refractivity contribution is 0.0398. The Labute approximate surface area is 124 Å². The van der Waals surface area contributed by atoms with Crippen LogP contribution in [-0.2, 0) is 11.2 Å². The molecule has 1 aliphatic heterocycles. The molecule has 6 heteroatoms. The summed E-state index contributed by atoms with van der Waals surface area (Å²) in [5.74, 6) is 2.48. The zero-order valence-electron chi connectivity index (χ0n) is 11.6. The van der Waals surface area contributed by atoms with E-state index in [1.165, 1.54) is 12.8 Å². The number of hydrogen-bond acceptors (Lipinski definition) is 5. The fourth-order valence-corrected chi connectivity index (χ4v) is 2.59. The predicted octanol–water partition coefficient (Wildman–Crippen LogP) is 1.83. The smallest absolute Gasteiger partial charge is 0.134 e. The van der Waals surface area contributed by atoms with Crippen molar-refractivity contribution in [3.63, 3.8) is 0 Å². The first-order valence-corrected chi connectivity index (χ1v) is 7.75. The molecule has 0 amide bonds. The van der Waals surface area contributed by atoms with Gasteiger partial charge < -0.3 is 10.1 Å². The second-order valence-corrected chi connectivity index (χ2v) is 5.91. The zero-order valence-corrected chi connectivity index (χ0v) is 12.4. The van der Waals surface area contributed by atoms with Gasteiger partial charge in [0, 0.05) is 38.7 Å². The van der Waals surface area contributed by atoms with Gasteiger partial charge in [0.1, 0.15) is 16.8 Å². The molecule has 5 nitrogen and oxygen atoms in total. The average molecular weight is 297 g/mol. The van der Waals surface area contributed by atoms with E-state index in [0.717, 1.165) is 63.4 Å². The summed E-state index contributed by atoms with van der Waals surface area (Å²) in [7, 11) is 0. The van der Waals surface area contributed by atoms with Crippen LogP contribution in [0.3, 0.4) is 0 Å². The molecule has 0 unspecified atom stereocenters. The van der Waals surface area contributed by atoms with E-state index in [0.29, 0.717) is 5.15 Å². The summed E-state index contributed by atoms with van der Waals surface area (Å²) in [5, 5.41) is 3.88. The molecule has 0 aromatic carbocycles. The quantitative estimate of drug-likeness (QED) is 0.812. The fraction of sp³-hybridized carbons (Fsp3) is 0.714. The minimum Gasteiger partial charge on any atom is -0.379 e. The molecule has 110 valence electrons. The van der Waals surface area contributed by atoms with Crippen molar-refractivity contribution in [2.24, 2.45) is 5.92 Å². The average Bonchev–Trinajstić information content (AvgIpc) is 3.23. The third-order valence-corrected chi connectivity index (χ3v) is 3.94. The maximum absolute atomic E-state index is 6.06. The van der Waals surface area contributed by atoms with Gasteiger partial charge in [-0.2, -0.15) is 0 Å². The molecule has 1 N–H and O–H groups in total. The van der Waals surface area contributed by atoms with Crippen LogP contribution in [0.15, 0.2) is 6.07 Å². The molecule has 0 spiro atoms. The van der Waals surface area contributed by atoms with Gasteiger partial charge in [-0.25, -0.2) is 9.97 Å². The first kappa shape index (κ1) is 14.0. The van der Waals surface area contributed by atoms with Crippen molar-refractivity contribution in [2.45, 2.75) is 19.3 Å². The Morgan fingerprint density at radius 1 is 1.30 bits per heavy atom. The maximum atomic E-state index is 6.06. The largest absolute Gasteiger partial charge is 0.379 e. The SMILES string of the molecule is Clc1cc(NCCN2CCOCC2)nc(CC2CC2)n1. The van der Waals surface area contributed by atoms with Crippen molar-refractivity contribution in [2.75, 3.05) is 44.7 Å². The Hall–Kier alpha value is -0.910. The molecule has 1 aromatic heterocycles. The third-order valence-electron chi connectivity index (χ3n) is 3.75. The van der Waals surface area contributed by atoms with E-state index in [4.69, 9.17) is 16.3 Å². The second-order valence-electron chi connectivity index (χ2n) is 5.52. The van der Waals surface area contributed by atoms with Crippen molar-refractivity contribution in [1.29, 1.82) is 0 Å². The van der Waals surface area contributed by atoms with Gasteiger partial charge in [-0.1, -0.05) is 11.6 Å². The molecular weight excluding hydrogens is 276 g/mol. The lowest BCUT2D eigenvalue weighted by atomic mass is 10.3. The van der Waals surface area contributed by atoms with E-state index in [9.17, 15) is 0 Å². The molecule has 0 bridgehead atoms. The Kier molecular flexibility index (Phi) is 4.70. The van der Waals surface area contributed by atoms with Crippen LogP contribution in [-0.4, -0.2) is 54.3 Å². The highest BCUT2D eigenvalue weighted by Crippen LogP contribution is 2.32. The van der Waals surface area contributed by atoms with E-state index < -0.39 is 0 Å². The summed E-state index contributed by atoms with van der Waals surface area (Å²) in [5.41, 5.74) is 0. The first-order chi connectivity index (χ1) is 9.79. The molecule has 3 rings (SSSR count). The highest BCUT2D eigenvalue weighted by Gasteiger charge is 2.23. The Morgan fingerprint density at radius 2 is 2.10 bits per heavy atom. The molecule has 1 saturated carbocycles. The number of nitrogens with one attached hydrogen (secondary N) is 1. The minimum absolute atomic E-state index is 0.532. The summed E-state index contributed by atoms with van der Waals surface area (Å²) in [4.78, 5) is 11.2. The molecular formula is C14H21ClN4O. The summed E-state index contributed by atoms with van der Waals surface area (Å²) in [6.45, 7) is 5.58. The number of nitrogens with zero attached hydrogens (tertiary/aromatic N) is 3. The maximum Gasteiger partial charge on any atom is 0.134 e. The van der Waals surface area contributed by atoms with Crippen LogP contribution < -0.4 is 5.32 Å². The van der Waals surface area contributed by atoms with Gasteiger partial charge in [-0.15, -0.1) is 0 Å². The van der Waals surface area contributed by atoms with Crippen molar-refractivity contribution in [1.82, 2.24) is 14.9 Å². The van der Waals surface area contributed by atoms with Crippen molar-refractivity contribution < 1.29 is 4.74 Å². The van der Waals surface area contributed by atoms with Crippen molar-refractivity contribution in [3.8, 4) is 0 Å². The normalized spacial score (nSPS) is 20.1. The fourth-order valence-electron chi connectivity index (χ4n) is 2.39. The highest BCUT2D eigenvalue weighted by molar-refractivity contribution is 6.29. The van der Waals surface area contributed by atoms with Gasteiger partial charge >= 0.3 is 0 Å². The summed E-state index contributed by atoms with van der Waals surface area (Å²) in [6.07, 6.45) is 3.56. The van der Waals surface area contributed by atoms with Gasteiger partial charge in [0.25, 0.3) is 0 Å². The lowest BCUT2D eigenvalue weighted by Gasteiger charge is -2.26. The lowest BCUT2D eigenvalue weighted by Crippen LogP contribution is -2.39. The van der Waals surface area contributed by atoms with Crippen LogP contribution in [0.25, 0.3) is 0 Å². The van der Waals surface area contributed by atoms with Crippen LogP contribution in [0.4, 0.5) is 5.82 Å². The summed E-state index contributed by atoms with van der Waals surface area (Å²) < 4.78 is 5.34. The Bertz CT molecular complexity index is 447. The van der Waals surface area contributed by atoms with Crippen LogP contribution in [0.1, 0.15) is 18.7 Å². The summed E-state index contributed by atoms with van der Waals surface area (Å²) in [6, 6.07) is 1.80. The monoisotopic (exact) mass is 296 g/mol. The number of halogens is 1. The predicted molar refractivity (Wildman–Crippen MR) is 79.2 cm³/mol. The number of aromatic nitrogens is 2. The molecule has 1 saturated heterocycles. The van der Waals surface area contributed by atoms with Crippen molar-refractivity contribution >= 4 is 17.4 Å². The number of hydrogen-bond donors (Lipinski definition) is 1. The number of morpholine rings is 1. The molecule has 1 aromatic rings. The standard InChI is InChI=1S/C14H21ClN4O/c15-12-10-13(18-14(17-12)9-11-1-2-11)16-3-4-19-5-7-20-8-6-19/h10-11H,1-9H2,(H,16,17,18). The van der Waals surface area contributed by atoms with Crippen LogP contribution >= 0.6 is 11.6 Å². The van der Waals surface area contributed by atoms with E-state index >= 15 is 0 Å². The summed E-state index contributed by atoms with van der Waals surface area (Å²) >= 11 is 6.06. The van der Waals surface area contributed by atoms with Gasteiger partial charge in [0.2, 0.25) is 0 Å². The Balaban J connectivity index is 1.49. The highest BCUT2D eigenvalue weighted by atomic mass is 35.5. The molecule has 20 heavy (non-hydrogen) atoms. The van der Waals surface area contributed by atoms with Gasteiger partial charge in [0.15, 0.2) is 0 Å². The molecule has 1 aliphatic carbocycles. The molecule has 2 aliphatic rings. The van der Waals surface area contributed by atoms with Crippen LogP contribution in [0.5, 0.6) is 0 Å². The molecule has 2 fully saturated rings. The van der Waals surface area contributed by atoms with Gasteiger partial charge in [-0.3, -0.25) is 4.90 Å². The molecule has 2 heterocycles. The topological polar surface area (TPSA) is 50.3 Å². The van der Waals surface area contributed by atoms with Gasteiger partial charge in [-0.05, 0) is 18.8 Å². The third kappa shape index (κ3) is 4.30. The van der Waals surface area contributed by atoms with Crippen molar-refractivity contribution in [3.05, 3.63) is 17.0 Å². The van der Waals surface area contributed by atoms with Gasteiger partial charge in [0.05, 0.1) is 13.2 Å². The van der Waals surface area contributed by atoms with E-state index in [1.807, 2.05) is 0 Å². The van der Waals surface area contributed by atoms with E-state index in [1.54, 1.807) is 6.07 Å². The van der Waals surface area contributed by atoms with Crippen LogP contribution in [0, 0.1) is 5.92 Å². The molecule has 0 radical (unpaired) electrons. The minimum atomic E-state index is 0.532. The number of rotatable bonds is 6. The zero-order chi connectivity index (χ0) is 13.8. The number of anilines is 1. The van der Waals surface area contributed by atoms with Crippen LogP contribution in [0.2, 0.25) is 5.15 Å². The van der Waals surface area contributed by atoms with E-state index in [-0.39, 0.29) is 0 Å². The van der Waals surface area contributed by atoms with E-state index in [2.05, 4.69) is 20.2 Å². The first-order valence-electron chi connectivity index (χ1n) is 7.37.